The van der Waals surface area contributed by atoms with E-state index in [1.807, 2.05) is 0 Å². The minimum Gasteiger partial charge on any atom is -0.329 e. The SMILES string of the molecule is Cc1c(NC(=O)NCC(=O)Nc2ccc(F)c(F)c2)cccc1[N+](=O)[O-]. The Hall–Kier alpha value is -3.56. The molecule has 0 saturated carbocycles. The molecule has 2 aromatic carbocycles. The number of rotatable bonds is 5. The first-order valence-electron chi connectivity index (χ1n) is 7.31. The van der Waals surface area contributed by atoms with Gasteiger partial charge in [0.25, 0.3) is 5.69 Å². The van der Waals surface area contributed by atoms with E-state index in [2.05, 4.69) is 16.0 Å². The molecule has 0 spiro atoms. The standard InChI is InChI=1S/C16H14F2N4O4/c1-9-13(3-2-4-14(9)22(25)26)21-16(24)19-8-15(23)20-10-5-6-11(17)12(18)7-10/h2-7H,8H2,1H3,(H,20,23)(H2,19,21,24). The predicted molar refractivity (Wildman–Crippen MR) is 89.8 cm³/mol. The van der Waals surface area contributed by atoms with Crippen molar-refractivity contribution in [1.29, 1.82) is 0 Å². The van der Waals surface area contributed by atoms with E-state index in [-0.39, 0.29) is 22.6 Å². The van der Waals surface area contributed by atoms with E-state index in [1.165, 1.54) is 31.2 Å². The Morgan fingerprint density at radius 3 is 2.50 bits per heavy atom. The summed E-state index contributed by atoms with van der Waals surface area (Å²) >= 11 is 0. The zero-order chi connectivity index (χ0) is 19.3. The maximum absolute atomic E-state index is 13.1. The van der Waals surface area contributed by atoms with Gasteiger partial charge in [-0.3, -0.25) is 14.9 Å². The molecule has 8 nitrogen and oxygen atoms in total. The van der Waals surface area contributed by atoms with Gasteiger partial charge >= 0.3 is 6.03 Å². The second-order valence-corrected chi connectivity index (χ2v) is 5.19. The van der Waals surface area contributed by atoms with E-state index >= 15 is 0 Å². The van der Waals surface area contributed by atoms with Gasteiger partial charge in [0.15, 0.2) is 11.6 Å². The van der Waals surface area contributed by atoms with Gasteiger partial charge in [-0.05, 0) is 25.1 Å². The molecular formula is C16H14F2N4O4. The highest BCUT2D eigenvalue weighted by atomic mass is 19.2. The van der Waals surface area contributed by atoms with Crippen LogP contribution >= 0.6 is 0 Å². The minimum absolute atomic E-state index is 0.0330. The lowest BCUT2D eigenvalue weighted by atomic mass is 10.1. The first kappa shape index (κ1) is 18.8. The number of hydrogen-bond acceptors (Lipinski definition) is 4. The second kappa shape index (κ2) is 8.01. The molecular weight excluding hydrogens is 350 g/mol. The smallest absolute Gasteiger partial charge is 0.319 e. The normalized spacial score (nSPS) is 10.1. The molecule has 0 aliphatic heterocycles. The quantitative estimate of drug-likeness (QED) is 0.559. The number of nitrogens with zero attached hydrogens (tertiary/aromatic N) is 1. The molecule has 0 saturated heterocycles. The highest BCUT2D eigenvalue weighted by molar-refractivity contribution is 5.97. The van der Waals surface area contributed by atoms with Gasteiger partial charge in [-0.1, -0.05) is 6.07 Å². The first-order valence-corrected chi connectivity index (χ1v) is 7.31. The fraction of sp³-hybridized carbons (Fsp3) is 0.125. The van der Waals surface area contributed by atoms with Gasteiger partial charge in [0, 0.05) is 17.8 Å². The van der Waals surface area contributed by atoms with Crippen LogP contribution in [0.4, 0.5) is 30.6 Å². The molecule has 0 unspecified atom stereocenters. The number of halogens is 2. The van der Waals surface area contributed by atoms with Crippen LogP contribution in [-0.2, 0) is 4.79 Å². The Morgan fingerprint density at radius 1 is 1.12 bits per heavy atom. The number of nitro benzene ring substituents is 1. The summed E-state index contributed by atoms with van der Waals surface area (Å²) in [6, 6.07) is 6.26. The number of amides is 3. The third kappa shape index (κ3) is 4.72. The largest absolute Gasteiger partial charge is 0.329 e. The molecule has 0 aliphatic rings. The van der Waals surface area contributed by atoms with Crippen molar-refractivity contribution in [3.63, 3.8) is 0 Å². The van der Waals surface area contributed by atoms with Crippen molar-refractivity contribution in [1.82, 2.24) is 5.32 Å². The summed E-state index contributed by atoms with van der Waals surface area (Å²) in [5.74, 6) is -2.83. The fourth-order valence-electron chi connectivity index (χ4n) is 2.06. The van der Waals surface area contributed by atoms with Gasteiger partial charge in [-0.2, -0.15) is 0 Å². The molecule has 0 fully saturated rings. The van der Waals surface area contributed by atoms with Crippen LogP contribution in [0.2, 0.25) is 0 Å². The Bertz CT molecular complexity index is 873. The summed E-state index contributed by atoms with van der Waals surface area (Å²) in [4.78, 5) is 33.8. The molecule has 26 heavy (non-hydrogen) atoms. The van der Waals surface area contributed by atoms with E-state index in [1.54, 1.807) is 0 Å². The van der Waals surface area contributed by atoms with Crippen LogP contribution in [-0.4, -0.2) is 23.4 Å². The lowest BCUT2D eigenvalue weighted by Crippen LogP contribution is -2.36. The predicted octanol–water partition coefficient (Wildman–Crippen LogP) is 2.94. The van der Waals surface area contributed by atoms with Crippen LogP contribution in [0.1, 0.15) is 5.56 Å². The molecule has 0 aromatic heterocycles. The number of nitrogens with one attached hydrogen (secondary N) is 3. The number of benzene rings is 2. The molecule has 136 valence electrons. The highest BCUT2D eigenvalue weighted by Gasteiger charge is 2.15. The number of hydrogen-bond donors (Lipinski definition) is 3. The monoisotopic (exact) mass is 364 g/mol. The van der Waals surface area contributed by atoms with Gasteiger partial charge in [0.05, 0.1) is 22.7 Å². The van der Waals surface area contributed by atoms with Crippen molar-refractivity contribution in [2.45, 2.75) is 6.92 Å². The summed E-state index contributed by atoms with van der Waals surface area (Å²) in [6.45, 7) is 1.03. The summed E-state index contributed by atoms with van der Waals surface area (Å²) in [5, 5.41) is 17.8. The van der Waals surface area contributed by atoms with Crippen molar-refractivity contribution in [3.05, 3.63) is 63.7 Å². The van der Waals surface area contributed by atoms with Crippen LogP contribution in [0.25, 0.3) is 0 Å². The zero-order valence-electron chi connectivity index (χ0n) is 13.5. The topological polar surface area (TPSA) is 113 Å². The average Bonchev–Trinajstić information content (AvgIpc) is 2.58. The molecule has 0 heterocycles. The summed E-state index contributed by atoms with van der Waals surface area (Å²) in [5.41, 5.74) is 0.362. The van der Waals surface area contributed by atoms with Crippen LogP contribution in [0.3, 0.4) is 0 Å². The van der Waals surface area contributed by atoms with E-state index in [9.17, 15) is 28.5 Å². The molecule has 3 amide bonds. The van der Waals surface area contributed by atoms with Crippen LogP contribution in [0.15, 0.2) is 36.4 Å². The van der Waals surface area contributed by atoms with Gasteiger partial charge in [0.2, 0.25) is 5.91 Å². The van der Waals surface area contributed by atoms with Crippen molar-refractivity contribution in [2.75, 3.05) is 17.2 Å². The van der Waals surface area contributed by atoms with Crippen molar-refractivity contribution < 1.29 is 23.3 Å². The average molecular weight is 364 g/mol. The maximum atomic E-state index is 13.1. The van der Waals surface area contributed by atoms with Crippen LogP contribution < -0.4 is 16.0 Å². The number of anilines is 2. The van der Waals surface area contributed by atoms with Crippen molar-refractivity contribution in [3.8, 4) is 0 Å². The van der Waals surface area contributed by atoms with Gasteiger partial charge in [0.1, 0.15) is 0 Å². The number of carbonyl (C=O) groups is 2. The first-order chi connectivity index (χ1) is 12.3. The van der Waals surface area contributed by atoms with Crippen LogP contribution in [0.5, 0.6) is 0 Å². The Labute approximate surface area is 146 Å². The zero-order valence-corrected chi connectivity index (χ0v) is 13.5. The maximum Gasteiger partial charge on any atom is 0.319 e. The number of nitro groups is 1. The van der Waals surface area contributed by atoms with Crippen molar-refractivity contribution in [2.24, 2.45) is 0 Å². The van der Waals surface area contributed by atoms with Gasteiger partial charge in [-0.25, -0.2) is 13.6 Å². The van der Waals surface area contributed by atoms with Crippen LogP contribution in [0, 0.1) is 28.7 Å². The molecule has 0 radical (unpaired) electrons. The second-order valence-electron chi connectivity index (χ2n) is 5.19. The molecule has 2 aromatic rings. The third-order valence-corrected chi connectivity index (χ3v) is 3.36. The van der Waals surface area contributed by atoms with E-state index in [4.69, 9.17) is 0 Å². The molecule has 3 N–H and O–H groups in total. The summed E-state index contributed by atoms with van der Waals surface area (Å²) in [6.07, 6.45) is 0. The molecule has 10 heteroatoms. The molecule has 0 aliphatic carbocycles. The molecule has 0 bridgehead atoms. The highest BCUT2D eigenvalue weighted by Crippen LogP contribution is 2.24. The van der Waals surface area contributed by atoms with Gasteiger partial charge in [-0.15, -0.1) is 0 Å². The number of urea groups is 1. The Balaban J connectivity index is 1.90. The lowest BCUT2D eigenvalue weighted by Gasteiger charge is -2.10. The summed E-state index contributed by atoms with van der Waals surface area (Å²) < 4.78 is 25.9. The fourth-order valence-corrected chi connectivity index (χ4v) is 2.06. The number of carbonyl (C=O) groups excluding carboxylic acids is 2. The van der Waals surface area contributed by atoms with Crippen molar-refractivity contribution >= 4 is 29.0 Å². The third-order valence-electron chi connectivity index (χ3n) is 3.36. The molecule has 0 atom stereocenters. The van der Waals surface area contributed by atoms with Gasteiger partial charge < -0.3 is 16.0 Å². The lowest BCUT2D eigenvalue weighted by molar-refractivity contribution is -0.385. The van der Waals surface area contributed by atoms with E-state index < -0.39 is 35.0 Å². The van der Waals surface area contributed by atoms with E-state index in [0.29, 0.717) is 0 Å². The Kier molecular flexibility index (Phi) is 5.78. The Morgan fingerprint density at radius 2 is 1.85 bits per heavy atom. The molecule has 2 rings (SSSR count). The minimum atomic E-state index is -1.12. The van der Waals surface area contributed by atoms with E-state index in [0.717, 1.165) is 12.1 Å². The summed E-state index contributed by atoms with van der Waals surface area (Å²) in [7, 11) is 0.